The quantitative estimate of drug-likeness (QED) is 0.894. The van der Waals surface area contributed by atoms with Crippen molar-refractivity contribution in [3.05, 3.63) is 46.7 Å². The molecule has 3 rings (SSSR count). The molecular formula is C16H19ClN4O2. The Kier molecular flexibility index (Phi) is 4.63. The van der Waals surface area contributed by atoms with Crippen LogP contribution in [0, 0.1) is 0 Å². The van der Waals surface area contributed by atoms with Crippen molar-refractivity contribution >= 4 is 17.5 Å². The van der Waals surface area contributed by atoms with Crippen molar-refractivity contribution in [2.45, 2.75) is 31.3 Å². The van der Waals surface area contributed by atoms with Crippen molar-refractivity contribution < 1.29 is 9.90 Å². The number of carbonyl (C=O) groups is 1. The molecule has 1 aliphatic heterocycles. The molecule has 1 aromatic carbocycles. The van der Waals surface area contributed by atoms with Crippen LogP contribution in [0.5, 0.6) is 0 Å². The Morgan fingerprint density at radius 3 is 2.87 bits per heavy atom. The largest absolute Gasteiger partial charge is 0.382 e. The molecule has 2 heterocycles. The van der Waals surface area contributed by atoms with Gasteiger partial charge in [-0.15, -0.1) is 0 Å². The lowest BCUT2D eigenvalue weighted by atomic mass is 9.90. The van der Waals surface area contributed by atoms with Crippen LogP contribution in [0.25, 0.3) is 0 Å². The van der Waals surface area contributed by atoms with E-state index in [1.54, 1.807) is 4.90 Å². The summed E-state index contributed by atoms with van der Waals surface area (Å²) in [6, 6.07) is 7.51. The van der Waals surface area contributed by atoms with Gasteiger partial charge in [-0.3, -0.25) is 4.79 Å². The molecule has 0 bridgehead atoms. The Labute approximate surface area is 139 Å². The van der Waals surface area contributed by atoms with Crippen LogP contribution < -0.4 is 0 Å². The lowest BCUT2D eigenvalue weighted by Crippen LogP contribution is -2.48. The first-order chi connectivity index (χ1) is 11.1. The highest BCUT2D eigenvalue weighted by Crippen LogP contribution is 2.30. The third kappa shape index (κ3) is 3.71. The fourth-order valence-corrected chi connectivity index (χ4v) is 3.07. The van der Waals surface area contributed by atoms with Crippen LogP contribution in [-0.4, -0.2) is 44.4 Å². The highest BCUT2D eigenvalue weighted by atomic mass is 35.5. The molecule has 1 amide bonds. The summed E-state index contributed by atoms with van der Waals surface area (Å²) in [6.07, 6.45) is 3.92. The lowest BCUT2D eigenvalue weighted by Gasteiger charge is -2.38. The normalized spacial score (nSPS) is 21.4. The van der Waals surface area contributed by atoms with E-state index in [2.05, 4.69) is 15.4 Å². The van der Waals surface area contributed by atoms with E-state index in [-0.39, 0.29) is 12.5 Å². The number of hydrogen-bond acceptors (Lipinski definition) is 4. The molecule has 1 saturated heterocycles. The number of benzene rings is 1. The van der Waals surface area contributed by atoms with Crippen LogP contribution in [0.2, 0.25) is 5.02 Å². The van der Waals surface area contributed by atoms with Gasteiger partial charge in [-0.05, 0) is 37.0 Å². The molecule has 0 aliphatic carbocycles. The summed E-state index contributed by atoms with van der Waals surface area (Å²) in [5, 5.41) is 21.7. The van der Waals surface area contributed by atoms with Crippen LogP contribution in [-0.2, 0) is 16.8 Å². The predicted octanol–water partition coefficient (Wildman–Crippen LogP) is 1.90. The SMILES string of the molecule is O=C(CCc1ccc(Cl)cc1)N1CCCC(O)(c2cn[nH]n2)C1. The number of nitrogens with zero attached hydrogens (tertiary/aromatic N) is 3. The molecule has 1 fully saturated rings. The molecule has 0 saturated carbocycles. The van der Waals surface area contributed by atoms with Crippen molar-refractivity contribution in [1.29, 1.82) is 0 Å². The summed E-state index contributed by atoms with van der Waals surface area (Å²) < 4.78 is 0. The van der Waals surface area contributed by atoms with Gasteiger partial charge in [-0.2, -0.15) is 15.4 Å². The molecule has 1 aliphatic rings. The Balaban J connectivity index is 1.60. The second-order valence-electron chi connectivity index (χ2n) is 5.93. The van der Waals surface area contributed by atoms with Gasteiger partial charge in [0.25, 0.3) is 0 Å². The molecule has 23 heavy (non-hydrogen) atoms. The van der Waals surface area contributed by atoms with E-state index in [1.165, 1.54) is 6.20 Å². The molecule has 2 aromatic rings. The van der Waals surface area contributed by atoms with E-state index < -0.39 is 5.60 Å². The van der Waals surface area contributed by atoms with Crippen LogP contribution in [0.15, 0.2) is 30.5 Å². The van der Waals surface area contributed by atoms with Crippen molar-refractivity contribution in [3.8, 4) is 0 Å². The number of amides is 1. The molecule has 1 aromatic heterocycles. The smallest absolute Gasteiger partial charge is 0.223 e. The van der Waals surface area contributed by atoms with Crippen LogP contribution >= 0.6 is 11.6 Å². The number of β-amino-alcohol motifs (C(OH)–C–C–N with tert-alkyl or cyclic N) is 1. The van der Waals surface area contributed by atoms with Crippen molar-refractivity contribution in [3.63, 3.8) is 0 Å². The number of piperidine rings is 1. The average molecular weight is 335 g/mol. The monoisotopic (exact) mass is 334 g/mol. The molecule has 7 heteroatoms. The molecule has 2 N–H and O–H groups in total. The van der Waals surface area contributed by atoms with Gasteiger partial charge in [0.1, 0.15) is 11.3 Å². The number of halogens is 1. The third-order valence-electron chi connectivity index (χ3n) is 4.26. The summed E-state index contributed by atoms with van der Waals surface area (Å²) in [7, 11) is 0. The topological polar surface area (TPSA) is 82.1 Å². The lowest BCUT2D eigenvalue weighted by molar-refractivity contribution is -0.139. The van der Waals surface area contributed by atoms with E-state index >= 15 is 0 Å². The Morgan fingerprint density at radius 2 is 2.17 bits per heavy atom. The highest BCUT2D eigenvalue weighted by molar-refractivity contribution is 6.30. The number of aliphatic hydroxyl groups is 1. The minimum atomic E-state index is -1.11. The third-order valence-corrected chi connectivity index (χ3v) is 4.51. The molecule has 1 atom stereocenters. The Morgan fingerprint density at radius 1 is 1.39 bits per heavy atom. The van der Waals surface area contributed by atoms with Crippen molar-refractivity contribution in [2.24, 2.45) is 0 Å². The zero-order chi connectivity index (χ0) is 16.3. The Hall–Kier alpha value is -1.92. The molecule has 6 nitrogen and oxygen atoms in total. The zero-order valence-corrected chi connectivity index (χ0v) is 13.5. The first-order valence-electron chi connectivity index (χ1n) is 7.68. The summed E-state index contributed by atoms with van der Waals surface area (Å²) in [6.45, 7) is 0.929. The number of aromatic nitrogens is 3. The van der Waals surface area contributed by atoms with Crippen molar-refractivity contribution in [2.75, 3.05) is 13.1 Å². The Bertz CT molecular complexity index is 659. The number of hydrogen-bond donors (Lipinski definition) is 2. The van der Waals surface area contributed by atoms with Gasteiger partial charge in [-0.1, -0.05) is 23.7 Å². The van der Waals surface area contributed by atoms with Gasteiger partial charge in [-0.25, -0.2) is 0 Å². The van der Waals surface area contributed by atoms with Gasteiger partial charge in [0.15, 0.2) is 0 Å². The maximum atomic E-state index is 12.4. The van der Waals surface area contributed by atoms with Crippen molar-refractivity contribution in [1.82, 2.24) is 20.3 Å². The summed E-state index contributed by atoms with van der Waals surface area (Å²) in [5.41, 5.74) is 0.459. The van der Waals surface area contributed by atoms with E-state index in [1.807, 2.05) is 24.3 Å². The van der Waals surface area contributed by atoms with Gasteiger partial charge in [0.05, 0.1) is 12.7 Å². The fraction of sp³-hybridized carbons (Fsp3) is 0.438. The standard InChI is InChI=1S/C16H19ClN4O2/c17-13-5-2-12(3-6-13)4-7-15(22)21-9-1-8-16(23,11-21)14-10-18-20-19-14/h2-3,5-6,10,23H,1,4,7-9,11H2,(H,18,19,20). The van der Waals surface area contributed by atoms with Crippen LogP contribution in [0.4, 0.5) is 0 Å². The molecular weight excluding hydrogens is 316 g/mol. The molecule has 122 valence electrons. The number of carbonyl (C=O) groups excluding carboxylic acids is 1. The number of aryl methyl sites for hydroxylation is 1. The summed E-state index contributed by atoms with van der Waals surface area (Å²) in [5.74, 6) is 0.0431. The van der Waals surface area contributed by atoms with E-state index in [9.17, 15) is 9.90 Å². The number of aromatic amines is 1. The second kappa shape index (κ2) is 6.68. The van der Waals surface area contributed by atoms with Gasteiger partial charge < -0.3 is 10.0 Å². The average Bonchev–Trinajstić information content (AvgIpc) is 3.09. The summed E-state index contributed by atoms with van der Waals surface area (Å²) >= 11 is 5.86. The maximum absolute atomic E-state index is 12.4. The number of H-pyrrole nitrogens is 1. The molecule has 1 unspecified atom stereocenters. The summed E-state index contributed by atoms with van der Waals surface area (Å²) in [4.78, 5) is 14.2. The van der Waals surface area contributed by atoms with Gasteiger partial charge in [0.2, 0.25) is 5.91 Å². The zero-order valence-electron chi connectivity index (χ0n) is 12.7. The van der Waals surface area contributed by atoms with Gasteiger partial charge in [0, 0.05) is 18.0 Å². The fourth-order valence-electron chi connectivity index (χ4n) is 2.94. The first-order valence-corrected chi connectivity index (χ1v) is 8.05. The number of likely N-dealkylation sites (tertiary alicyclic amines) is 1. The van der Waals surface area contributed by atoms with Crippen LogP contribution in [0.3, 0.4) is 0 Å². The minimum Gasteiger partial charge on any atom is -0.382 e. The van der Waals surface area contributed by atoms with Crippen LogP contribution in [0.1, 0.15) is 30.5 Å². The number of nitrogens with one attached hydrogen (secondary N) is 1. The maximum Gasteiger partial charge on any atom is 0.223 e. The minimum absolute atomic E-state index is 0.0431. The molecule has 0 spiro atoms. The molecule has 0 radical (unpaired) electrons. The van der Waals surface area contributed by atoms with E-state index in [0.29, 0.717) is 36.5 Å². The van der Waals surface area contributed by atoms with E-state index in [4.69, 9.17) is 11.6 Å². The van der Waals surface area contributed by atoms with E-state index in [0.717, 1.165) is 12.0 Å². The highest BCUT2D eigenvalue weighted by Gasteiger charge is 2.38. The second-order valence-corrected chi connectivity index (χ2v) is 6.37. The van der Waals surface area contributed by atoms with Gasteiger partial charge >= 0.3 is 0 Å². The first kappa shape index (κ1) is 16.0. The number of rotatable bonds is 4. The predicted molar refractivity (Wildman–Crippen MR) is 85.9 cm³/mol.